The van der Waals surface area contributed by atoms with Gasteiger partial charge in [-0.15, -0.1) is 0 Å². The Morgan fingerprint density at radius 2 is 2.12 bits per heavy atom. The second-order valence-corrected chi connectivity index (χ2v) is 4.55. The summed E-state index contributed by atoms with van der Waals surface area (Å²) in [5.74, 6) is 1.27. The first-order valence-corrected chi connectivity index (χ1v) is 6.24. The fourth-order valence-electron chi connectivity index (χ4n) is 2.57. The Balaban J connectivity index is 2.06. The van der Waals surface area contributed by atoms with Crippen LogP contribution >= 0.6 is 0 Å². The van der Waals surface area contributed by atoms with Crippen molar-refractivity contribution in [3.63, 3.8) is 0 Å². The molecule has 2 aromatic rings. The lowest BCUT2D eigenvalue weighted by molar-refractivity contribution is 0.802. The van der Waals surface area contributed by atoms with Gasteiger partial charge in [-0.3, -0.25) is 4.40 Å². The van der Waals surface area contributed by atoms with Crippen molar-refractivity contribution in [2.45, 2.75) is 19.4 Å². The lowest BCUT2D eigenvalue weighted by Gasteiger charge is -2.19. The third-order valence-electron chi connectivity index (χ3n) is 3.40. The molecular weight excluding hydrogens is 212 g/mol. The smallest absolute Gasteiger partial charge is 0.114 e. The van der Waals surface area contributed by atoms with Gasteiger partial charge >= 0.3 is 0 Å². The summed E-state index contributed by atoms with van der Waals surface area (Å²) < 4.78 is 2.21. The van der Waals surface area contributed by atoms with Gasteiger partial charge in [0.15, 0.2) is 0 Å². The molecule has 1 aliphatic heterocycles. The Bertz CT molecular complexity index is 511. The monoisotopic (exact) mass is 230 g/mol. The van der Waals surface area contributed by atoms with Gasteiger partial charge in [0.05, 0.1) is 11.2 Å². The lowest BCUT2D eigenvalue weighted by Crippen LogP contribution is -2.20. The summed E-state index contributed by atoms with van der Waals surface area (Å²) in [6.07, 6.45) is 4.54. The number of rotatable bonds is 3. The van der Waals surface area contributed by atoms with Crippen LogP contribution in [0.25, 0.3) is 5.52 Å². The minimum atomic E-state index is 0.819. The van der Waals surface area contributed by atoms with Crippen molar-refractivity contribution in [1.82, 2.24) is 14.7 Å². The molecule has 2 aromatic heterocycles. The highest BCUT2D eigenvalue weighted by Gasteiger charge is 2.15. The van der Waals surface area contributed by atoms with Crippen molar-refractivity contribution in [2.75, 3.05) is 25.0 Å². The molecule has 0 atom stereocenters. The number of nitrogens with one attached hydrogen (secondary N) is 1. The SMILES string of the molecule is CNCc1ncn2c(N3CCCC3)cccc12. The molecule has 1 aliphatic rings. The molecule has 4 heteroatoms. The van der Waals surface area contributed by atoms with Gasteiger partial charge in [-0.05, 0) is 32.0 Å². The van der Waals surface area contributed by atoms with Gasteiger partial charge in [-0.25, -0.2) is 4.98 Å². The van der Waals surface area contributed by atoms with E-state index in [9.17, 15) is 0 Å². The molecule has 0 bridgehead atoms. The molecule has 0 amide bonds. The Morgan fingerprint density at radius 1 is 1.29 bits per heavy atom. The highest BCUT2D eigenvalue weighted by atomic mass is 15.2. The molecule has 0 saturated carbocycles. The summed E-state index contributed by atoms with van der Waals surface area (Å²) in [5, 5.41) is 3.16. The molecule has 1 N–H and O–H groups in total. The van der Waals surface area contributed by atoms with Crippen molar-refractivity contribution >= 4 is 11.3 Å². The molecule has 17 heavy (non-hydrogen) atoms. The van der Waals surface area contributed by atoms with E-state index in [1.165, 1.54) is 37.3 Å². The average Bonchev–Trinajstić information content (AvgIpc) is 2.98. The second kappa shape index (κ2) is 4.37. The van der Waals surface area contributed by atoms with Gasteiger partial charge in [-0.1, -0.05) is 6.07 Å². The summed E-state index contributed by atoms with van der Waals surface area (Å²) in [7, 11) is 1.95. The normalized spacial score (nSPS) is 15.9. The predicted molar refractivity (Wildman–Crippen MR) is 69.4 cm³/mol. The van der Waals surface area contributed by atoms with Crippen LogP contribution < -0.4 is 10.2 Å². The van der Waals surface area contributed by atoms with E-state index in [1.807, 2.05) is 13.4 Å². The number of pyridine rings is 1. The number of imidazole rings is 1. The summed E-state index contributed by atoms with van der Waals surface area (Å²) in [6, 6.07) is 6.45. The molecule has 1 fully saturated rings. The zero-order chi connectivity index (χ0) is 11.7. The highest BCUT2D eigenvalue weighted by Crippen LogP contribution is 2.22. The highest BCUT2D eigenvalue weighted by molar-refractivity contribution is 5.59. The van der Waals surface area contributed by atoms with Crippen LogP contribution in [0.5, 0.6) is 0 Å². The molecule has 0 spiro atoms. The van der Waals surface area contributed by atoms with Gasteiger partial charge in [0.1, 0.15) is 12.1 Å². The van der Waals surface area contributed by atoms with Crippen molar-refractivity contribution < 1.29 is 0 Å². The number of nitrogens with zero attached hydrogens (tertiary/aromatic N) is 3. The Labute approximate surface area is 101 Å². The molecule has 0 aliphatic carbocycles. The first-order valence-electron chi connectivity index (χ1n) is 6.24. The molecular formula is C13H18N4. The Hall–Kier alpha value is -1.55. The molecule has 0 radical (unpaired) electrons. The second-order valence-electron chi connectivity index (χ2n) is 4.55. The average molecular weight is 230 g/mol. The molecule has 3 heterocycles. The van der Waals surface area contributed by atoms with Crippen LogP contribution in [0.1, 0.15) is 18.5 Å². The Morgan fingerprint density at radius 3 is 2.88 bits per heavy atom. The van der Waals surface area contributed by atoms with E-state index in [0.29, 0.717) is 0 Å². The third kappa shape index (κ3) is 1.78. The quantitative estimate of drug-likeness (QED) is 0.870. The van der Waals surface area contributed by atoms with E-state index < -0.39 is 0 Å². The van der Waals surface area contributed by atoms with Gasteiger partial charge in [0.25, 0.3) is 0 Å². The van der Waals surface area contributed by atoms with Crippen LogP contribution in [-0.4, -0.2) is 29.5 Å². The van der Waals surface area contributed by atoms with Gasteiger partial charge in [0.2, 0.25) is 0 Å². The molecule has 0 aromatic carbocycles. The number of anilines is 1. The summed E-state index contributed by atoms with van der Waals surface area (Å²) in [5.41, 5.74) is 2.33. The van der Waals surface area contributed by atoms with E-state index in [-0.39, 0.29) is 0 Å². The van der Waals surface area contributed by atoms with Gasteiger partial charge in [0, 0.05) is 19.6 Å². The van der Waals surface area contributed by atoms with E-state index >= 15 is 0 Å². The van der Waals surface area contributed by atoms with E-state index in [2.05, 4.69) is 37.8 Å². The van der Waals surface area contributed by atoms with Crippen molar-refractivity contribution in [1.29, 1.82) is 0 Å². The van der Waals surface area contributed by atoms with Crippen LogP contribution in [0.3, 0.4) is 0 Å². The van der Waals surface area contributed by atoms with Gasteiger partial charge < -0.3 is 10.2 Å². The van der Waals surface area contributed by atoms with Crippen molar-refractivity contribution in [3.8, 4) is 0 Å². The molecule has 3 rings (SSSR count). The first kappa shape index (κ1) is 10.6. The molecule has 0 unspecified atom stereocenters. The van der Waals surface area contributed by atoms with Crippen LogP contribution in [-0.2, 0) is 6.54 Å². The van der Waals surface area contributed by atoms with E-state index in [1.54, 1.807) is 0 Å². The maximum absolute atomic E-state index is 4.49. The largest absolute Gasteiger partial charge is 0.358 e. The number of hydrogen-bond donors (Lipinski definition) is 1. The number of fused-ring (bicyclic) bond motifs is 1. The maximum Gasteiger partial charge on any atom is 0.114 e. The fraction of sp³-hybridized carbons (Fsp3) is 0.462. The van der Waals surface area contributed by atoms with E-state index in [0.717, 1.165) is 12.2 Å². The standard InChI is InChI=1S/C13H18N4/c1-14-9-11-12-5-4-6-13(17(12)10-15-11)16-7-2-3-8-16/h4-6,10,14H,2-3,7-9H2,1H3. The summed E-state index contributed by atoms with van der Waals surface area (Å²) in [6.45, 7) is 3.15. The fourth-order valence-corrected chi connectivity index (χ4v) is 2.57. The number of aromatic nitrogens is 2. The van der Waals surface area contributed by atoms with Crippen molar-refractivity contribution in [3.05, 3.63) is 30.2 Å². The van der Waals surface area contributed by atoms with Crippen LogP contribution in [0.2, 0.25) is 0 Å². The topological polar surface area (TPSA) is 32.6 Å². The minimum Gasteiger partial charge on any atom is -0.358 e. The van der Waals surface area contributed by atoms with E-state index in [4.69, 9.17) is 0 Å². The Kier molecular flexibility index (Phi) is 2.73. The van der Waals surface area contributed by atoms with Crippen LogP contribution in [0.4, 0.5) is 5.82 Å². The minimum absolute atomic E-state index is 0.819. The molecule has 90 valence electrons. The zero-order valence-corrected chi connectivity index (χ0v) is 10.2. The summed E-state index contributed by atoms with van der Waals surface area (Å²) in [4.78, 5) is 6.93. The predicted octanol–water partition coefficient (Wildman–Crippen LogP) is 1.65. The van der Waals surface area contributed by atoms with Crippen molar-refractivity contribution in [2.24, 2.45) is 0 Å². The van der Waals surface area contributed by atoms with Gasteiger partial charge in [-0.2, -0.15) is 0 Å². The lowest BCUT2D eigenvalue weighted by atomic mass is 10.3. The molecule has 4 nitrogen and oxygen atoms in total. The zero-order valence-electron chi connectivity index (χ0n) is 10.2. The third-order valence-corrected chi connectivity index (χ3v) is 3.40. The van der Waals surface area contributed by atoms with Crippen LogP contribution in [0, 0.1) is 0 Å². The first-order chi connectivity index (χ1) is 8.40. The molecule has 1 saturated heterocycles. The number of hydrogen-bond acceptors (Lipinski definition) is 3. The summed E-state index contributed by atoms with van der Waals surface area (Å²) >= 11 is 0. The van der Waals surface area contributed by atoms with Crippen LogP contribution in [0.15, 0.2) is 24.5 Å². The maximum atomic E-state index is 4.49.